The van der Waals surface area contributed by atoms with Gasteiger partial charge in [0.2, 0.25) is 0 Å². The molecule has 0 aliphatic rings. The molecule has 0 fully saturated rings. The number of amides is 1. The Morgan fingerprint density at radius 1 is 1.39 bits per heavy atom. The zero-order valence-electron chi connectivity index (χ0n) is 12.9. The summed E-state index contributed by atoms with van der Waals surface area (Å²) >= 11 is 5.94. The minimum absolute atomic E-state index is 0.00490. The molecule has 0 aliphatic heterocycles. The van der Waals surface area contributed by atoms with Gasteiger partial charge in [-0.15, -0.1) is 0 Å². The molecule has 2 aromatic rings. The lowest BCUT2D eigenvalue weighted by Gasteiger charge is -2.25. The summed E-state index contributed by atoms with van der Waals surface area (Å²) in [6.07, 6.45) is 3.41. The van der Waals surface area contributed by atoms with Crippen LogP contribution in [0.4, 0.5) is 0 Å². The molecule has 0 spiro atoms. The summed E-state index contributed by atoms with van der Waals surface area (Å²) in [6.45, 7) is 3.57. The SMILES string of the molecule is CC(C)(CCC(=O)O)NC(=O)c1cnn(-c2cccc(Cl)c2)c1. The number of halogens is 1. The largest absolute Gasteiger partial charge is 0.481 e. The first-order valence-corrected chi connectivity index (χ1v) is 7.49. The normalized spacial score (nSPS) is 11.3. The monoisotopic (exact) mass is 335 g/mol. The van der Waals surface area contributed by atoms with Crippen LogP contribution in [0.15, 0.2) is 36.7 Å². The van der Waals surface area contributed by atoms with Crippen molar-refractivity contribution in [3.05, 3.63) is 47.2 Å². The van der Waals surface area contributed by atoms with Crippen LogP contribution in [0.1, 0.15) is 37.0 Å². The van der Waals surface area contributed by atoms with Gasteiger partial charge >= 0.3 is 5.97 Å². The van der Waals surface area contributed by atoms with E-state index in [0.717, 1.165) is 5.69 Å². The second-order valence-electron chi connectivity index (χ2n) is 5.89. The summed E-state index contributed by atoms with van der Waals surface area (Å²) in [7, 11) is 0. The fraction of sp³-hybridized carbons (Fsp3) is 0.312. The van der Waals surface area contributed by atoms with Crippen LogP contribution in [0.5, 0.6) is 0 Å². The molecule has 0 saturated carbocycles. The van der Waals surface area contributed by atoms with E-state index >= 15 is 0 Å². The van der Waals surface area contributed by atoms with Gasteiger partial charge in [-0.2, -0.15) is 5.10 Å². The number of benzene rings is 1. The van der Waals surface area contributed by atoms with Crippen molar-refractivity contribution in [3.63, 3.8) is 0 Å². The van der Waals surface area contributed by atoms with Crippen LogP contribution in [0.25, 0.3) is 5.69 Å². The molecule has 2 N–H and O–H groups in total. The fourth-order valence-electron chi connectivity index (χ4n) is 2.06. The first-order chi connectivity index (χ1) is 10.8. The molecule has 1 aromatic heterocycles. The number of carboxylic acid groups (broad SMARTS) is 1. The molecule has 122 valence electrons. The van der Waals surface area contributed by atoms with Crippen molar-refractivity contribution >= 4 is 23.5 Å². The summed E-state index contributed by atoms with van der Waals surface area (Å²) in [5.74, 6) is -1.19. The zero-order chi connectivity index (χ0) is 17.0. The molecule has 0 bridgehead atoms. The van der Waals surface area contributed by atoms with Crippen LogP contribution in [-0.4, -0.2) is 32.3 Å². The van der Waals surface area contributed by atoms with Gasteiger partial charge in [0.05, 0.1) is 17.4 Å². The number of carbonyl (C=O) groups excluding carboxylic acids is 1. The van der Waals surface area contributed by atoms with E-state index in [-0.39, 0.29) is 12.3 Å². The third-order valence-corrected chi connectivity index (χ3v) is 3.57. The maximum Gasteiger partial charge on any atom is 0.303 e. The molecule has 7 heteroatoms. The average Bonchev–Trinajstić information content (AvgIpc) is 2.95. The van der Waals surface area contributed by atoms with Crippen molar-refractivity contribution in [2.24, 2.45) is 0 Å². The third kappa shape index (κ3) is 4.82. The quantitative estimate of drug-likeness (QED) is 0.850. The molecule has 0 aliphatic carbocycles. The molecule has 2 rings (SSSR count). The van der Waals surface area contributed by atoms with Gasteiger partial charge in [0, 0.05) is 23.2 Å². The molecular weight excluding hydrogens is 318 g/mol. The van der Waals surface area contributed by atoms with Gasteiger partial charge in [-0.25, -0.2) is 4.68 Å². The first-order valence-electron chi connectivity index (χ1n) is 7.12. The Kier molecular flexibility index (Phi) is 5.05. The number of carboxylic acids is 1. The highest BCUT2D eigenvalue weighted by Crippen LogP contribution is 2.16. The van der Waals surface area contributed by atoms with Crippen LogP contribution in [0.2, 0.25) is 5.02 Å². The van der Waals surface area contributed by atoms with E-state index in [4.69, 9.17) is 16.7 Å². The predicted molar refractivity (Wildman–Crippen MR) is 87.0 cm³/mol. The molecule has 0 saturated heterocycles. The van der Waals surface area contributed by atoms with Crippen LogP contribution in [0.3, 0.4) is 0 Å². The Hall–Kier alpha value is -2.34. The van der Waals surface area contributed by atoms with E-state index in [1.54, 1.807) is 42.9 Å². The molecule has 1 heterocycles. The summed E-state index contributed by atoms with van der Waals surface area (Å²) < 4.78 is 1.56. The Morgan fingerprint density at radius 3 is 2.78 bits per heavy atom. The lowest BCUT2D eigenvalue weighted by Crippen LogP contribution is -2.43. The van der Waals surface area contributed by atoms with Crippen LogP contribution in [-0.2, 0) is 4.79 Å². The van der Waals surface area contributed by atoms with Crippen LogP contribution in [0, 0.1) is 0 Å². The maximum absolute atomic E-state index is 12.3. The minimum atomic E-state index is -0.888. The van der Waals surface area contributed by atoms with Gasteiger partial charge in [-0.05, 0) is 38.5 Å². The summed E-state index contributed by atoms with van der Waals surface area (Å²) in [6, 6.07) is 7.13. The van der Waals surface area contributed by atoms with E-state index in [9.17, 15) is 9.59 Å². The van der Waals surface area contributed by atoms with Crippen LogP contribution < -0.4 is 5.32 Å². The minimum Gasteiger partial charge on any atom is -0.481 e. The number of nitrogens with zero attached hydrogens (tertiary/aromatic N) is 2. The standard InChI is InChI=1S/C16H18ClN3O3/c1-16(2,7-6-14(21)22)19-15(23)11-9-18-20(10-11)13-5-3-4-12(17)8-13/h3-5,8-10H,6-7H2,1-2H3,(H,19,23)(H,21,22). The number of nitrogens with one attached hydrogen (secondary N) is 1. The van der Waals surface area contributed by atoms with Gasteiger partial charge in [0.15, 0.2) is 0 Å². The summed E-state index contributed by atoms with van der Waals surface area (Å²) in [5, 5.41) is 16.3. The molecule has 0 unspecified atom stereocenters. The zero-order valence-corrected chi connectivity index (χ0v) is 13.7. The highest BCUT2D eigenvalue weighted by Gasteiger charge is 2.23. The topological polar surface area (TPSA) is 84.2 Å². The summed E-state index contributed by atoms with van der Waals surface area (Å²) in [4.78, 5) is 22.9. The Morgan fingerprint density at radius 2 is 2.13 bits per heavy atom. The number of aromatic nitrogens is 2. The van der Waals surface area contributed by atoms with E-state index in [1.165, 1.54) is 6.20 Å². The molecule has 1 aromatic carbocycles. The third-order valence-electron chi connectivity index (χ3n) is 3.33. The molecule has 0 atom stereocenters. The number of hydrogen-bond acceptors (Lipinski definition) is 3. The van der Waals surface area contributed by atoms with Gasteiger partial charge in [-0.3, -0.25) is 9.59 Å². The second kappa shape index (κ2) is 6.83. The van der Waals surface area contributed by atoms with Crippen LogP contribution >= 0.6 is 11.6 Å². The van der Waals surface area contributed by atoms with Crippen molar-refractivity contribution in [3.8, 4) is 5.69 Å². The molecule has 1 amide bonds. The second-order valence-corrected chi connectivity index (χ2v) is 6.32. The van der Waals surface area contributed by atoms with Gasteiger partial charge in [0.25, 0.3) is 5.91 Å². The van der Waals surface area contributed by atoms with Crippen molar-refractivity contribution in [2.75, 3.05) is 0 Å². The Balaban J connectivity index is 2.08. The van der Waals surface area contributed by atoms with E-state index in [2.05, 4.69) is 10.4 Å². The van der Waals surface area contributed by atoms with Crippen molar-refractivity contribution in [1.29, 1.82) is 0 Å². The van der Waals surface area contributed by atoms with E-state index in [0.29, 0.717) is 17.0 Å². The van der Waals surface area contributed by atoms with Gasteiger partial charge in [0.1, 0.15) is 0 Å². The Bertz CT molecular complexity index is 725. The smallest absolute Gasteiger partial charge is 0.303 e. The van der Waals surface area contributed by atoms with Crippen molar-refractivity contribution in [2.45, 2.75) is 32.2 Å². The molecule has 23 heavy (non-hydrogen) atoms. The number of hydrogen-bond donors (Lipinski definition) is 2. The van der Waals surface area contributed by atoms with E-state index < -0.39 is 11.5 Å². The maximum atomic E-state index is 12.3. The number of rotatable bonds is 6. The number of aliphatic carboxylic acids is 1. The Labute approximate surface area is 139 Å². The predicted octanol–water partition coefficient (Wildman–Crippen LogP) is 2.90. The molecule has 6 nitrogen and oxygen atoms in total. The lowest BCUT2D eigenvalue weighted by molar-refractivity contribution is -0.137. The molecule has 0 radical (unpaired) electrons. The number of carbonyl (C=O) groups is 2. The highest BCUT2D eigenvalue weighted by atomic mass is 35.5. The highest BCUT2D eigenvalue weighted by molar-refractivity contribution is 6.30. The summed E-state index contributed by atoms with van der Waals surface area (Å²) in [5.41, 5.74) is 0.531. The molecular formula is C16H18ClN3O3. The van der Waals surface area contributed by atoms with Crippen molar-refractivity contribution < 1.29 is 14.7 Å². The average molecular weight is 336 g/mol. The lowest BCUT2D eigenvalue weighted by atomic mass is 9.98. The van der Waals surface area contributed by atoms with Gasteiger partial charge < -0.3 is 10.4 Å². The van der Waals surface area contributed by atoms with Gasteiger partial charge in [-0.1, -0.05) is 17.7 Å². The fourth-order valence-corrected chi connectivity index (χ4v) is 2.25. The first kappa shape index (κ1) is 17.0. The van der Waals surface area contributed by atoms with E-state index in [1.807, 2.05) is 6.07 Å². The van der Waals surface area contributed by atoms with Crippen molar-refractivity contribution in [1.82, 2.24) is 15.1 Å².